The predicted octanol–water partition coefficient (Wildman–Crippen LogP) is 2.17. The van der Waals surface area contributed by atoms with Crippen molar-refractivity contribution < 1.29 is 9.90 Å². The van der Waals surface area contributed by atoms with Gasteiger partial charge in [0.25, 0.3) is 0 Å². The molecule has 1 unspecified atom stereocenters. The molecule has 0 aliphatic heterocycles. The maximum Gasteiger partial charge on any atom is 0.315 e. The van der Waals surface area contributed by atoms with E-state index in [4.69, 9.17) is 0 Å². The molecule has 1 aliphatic rings. The van der Waals surface area contributed by atoms with Gasteiger partial charge in [-0.2, -0.15) is 0 Å². The largest absolute Gasteiger partial charge is 0.388 e. The zero-order chi connectivity index (χ0) is 17.0. The lowest BCUT2D eigenvalue weighted by atomic mass is 9.94. The fourth-order valence-corrected chi connectivity index (χ4v) is 3.28. The van der Waals surface area contributed by atoms with Crippen molar-refractivity contribution in [2.45, 2.75) is 57.1 Å². The number of hydrogen-bond donors (Lipinski definition) is 3. The van der Waals surface area contributed by atoms with Gasteiger partial charge in [0.05, 0.1) is 11.6 Å². The molecule has 1 saturated carbocycles. The SMILES string of the molecule is CC(NC(=O)NCC1(O)CCCCCC1)c1nnc2ccccn12. The summed E-state index contributed by atoms with van der Waals surface area (Å²) < 4.78 is 1.85. The number of carbonyl (C=O) groups is 1. The molecule has 1 aliphatic carbocycles. The predicted molar refractivity (Wildman–Crippen MR) is 90.6 cm³/mol. The zero-order valence-electron chi connectivity index (χ0n) is 14.0. The van der Waals surface area contributed by atoms with Gasteiger partial charge in [-0.1, -0.05) is 31.7 Å². The number of rotatable bonds is 4. The molecule has 2 aromatic rings. The molecule has 7 heteroatoms. The number of aliphatic hydroxyl groups is 1. The second-order valence-electron chi connectivity index (χ2n) is 6.67. The first-order valence-electron chi connectivity index (χ1n) is 8.64. The van der Waals surface area contributed by atoms with Gasteiger partial charge >= 0.3 is 6.03 Å². The van der Waals surface area contributed by atoms with Crippen LogP contribution in [0.15, 0.2) is 24.4 Å². The minimum atomic E-state index is -0.779. The lowest BCUT2D eigenvalue weighted by molar-refractivity contribution is 0.0276. The van der Waals surface area contributed by atoms with Gasteiger partial charge in [-0.15, -0.1) is 10.2 Å². The van der Waals surface area contributed by atoms with Crippen LogP contribution in [0.25, 0.3) is 5.65 Å². The number of hydrogen-bond acceptors (Lipinski definition) is 4. The van der Waals surface area contributed by atoms with E-state index in [2.05, 4.69) is 20.8 Å². The summed E-state index contributed by atoms with van der Waals surface area (Å²) in [5.74, 6) is 0.675. The summed E-state index contributed by atoms with van der Waals surface area (Å²) in [6.45, 7) is 2.15. The number of aromatic nitrogens is 3. The van der Waals surface area contributed by atoms with Crippen LogP contribution >= 0.6 is 0 Å². The van der Waals surface area contributed by atoms with Crippen LogP contribution in [-0.2, 0) is 0 Å². The van der Waals surface area contributed by atoms with Gasteiger partial charge in [-0.05, 0) is 31.9 Å². The van der Waals surface area contributed by atoms with Crippen molar-refractivity contribution in [3.8, 4) is 0 Å². The van der Waals surface area contributed by atoms with Gasteiger partial charge in [-0.25, -0.2) is 4.79 Å². The third kappa shape index (κ3) is 3.84. The molecule has 2 aromatic heterocycles. The van der Waals surface area contributed by atoms with E-state index in [1.54, 1.807) is 0 Å². The molecule has 2 heterocycles. The van der Waals surface area contributed by atoms with Crippen molar-refractivity contribution in [2.75, 3.05) is 6.54 Å². The maximum atomic E-state index is 12.2. The fraction of sp³-hybridized carbons (Fsp3) is 0.588. The number of urea groups is 1. The highest BCUT2D eigenvalue weighted by Gasteiger charge is 2.28. The van der Waals surface area contributed by atoms with E-state index in [9.17, 15) is 9.90 Å². The molecule has 0 saturated heterocycles. The fourth-order valence-electron chi connectivity index (χ4n) is 3.28. The van der Waals surface area contributed by atoms with Gasteiger partial charge in [0.1, 0.15) is 0 Å². The van der Waals surface area contributed by atoms with Crippen molar-refractivity contribution in [1.29, 1.82) is 0 Å². The monoisotopic (exact) mass is 331 g/mol. The van der Waals surface area contributed by atoms with Crippen LogP contribution in [0.5, 0.6) is 0 Å². The van der Waals surface area contributed by atoms with Crippen LogP contribution in [0, 0.1) is 0 Å². The minimum Gasteiger partial charge on any atom is -0.388 e. The highest BCUT2D eigenvalue weighted by Crippen LogP contribution is 2.26. The van der Waals surface area contributed by atoms with Gasteiger partial charge in [0.2, 0.25) is 0 Å². The smallest absolute Gasteiger partial charge is 0.315 e. The highest BCUT2D eigenvalue weighted by molar-refractivity contribution is 5.74. The van der Waals surface area contributed by atoms with E-state index >= 15 is 0 Å². The molecular formula is C17H25N5O2. The third-order valence-corrected chi connectivity index (χ3v) is 4.69. The molecule has 130 valence electrons. The van der Waals surface area contributed by atoms with Crippen molar-refractivity contribution in [2.24, 2.45) is 0 Å². The number of pyridine rings is 1. The molecule has 0 aromatic carbocycles. The second-order valence-corrected chi connectivity index (χ2v) is 6.67. The van der Waals surface area contributed by atoms with Crippen molar-refractivity contribution in [3.05, 3.63) is 30.2 Å². The lowest BCUT2D eigenvalue weighted by Crippen LogP contribution is -2.46. The van der Waals surface area contributed by atoms with Crippen LogP contribution in [-0.4, -0.2) is 37.9 Å². The number of nitrogens with zero attached hydrogens (tertiary/aromatic N) is 3. The molecule has 0 spiro atoms. The van der Waals surface area contributed by atoms with E-state index < -0.39 is 5.60 Å². The summed E-state index contributed by atoms with van der Waals surface area (Å²) in [4.78, 5) is 12.2. The molecule has 0 radical (unpaired) electrons. The summed E-state index contributed by atoms with van der Waals surface area (Å²) in [6, 6.07) is 5.07. The molecule has 7 nitrogen and oxygen atoms in total. The Morgan fingerprint density at radius 3 is 2.79 bits per heavy atom. The molecule has 1 atom stereocenters. The minimum absolute atomic E-state index is 0.284. The van der Waals surface area contributed by atoms with Crippen molar-refractivity contribution >= 4 is 11.7 Å². The van der Waals surface area contributed by atoms with Gasteiger partial charge in [0.15, 0.2) is 11.5 Å². The summed E-state index contributed by atoms with van der Waals surface area (Å²) in [7, 11) is 0. The Morgan fingerprint density at radius 2 is 2.04 bits per heavy atom. The van der Waals surface area contributed by atoms with Crippen LogP contribution < -0.4 is 10.6 Å². The first-order chi connectivity index (χ1) is 11.6. The Balaban J connectivity index is 1.56. The number of fused-ring (bicyclic) bond motifs is 1. The number of amides is 2. The average molecular weight is 331 g/mol. The molecular weight excluding hydrogens is 306 g/mol. The average Bonchev–Trinajstić information content (AvgIpc) is 2.89. The van der Waals surface area contributed by atoms with E-state index in [0.717, 1.165) is 44.2 Å². The summed E-state index contributed by atoms with van der Waals surface area (Å²) in [5, 5.41) is 24.5. The van der Waals surface area contributed by atoms with Crippen LogP contribution in [0.4, 0.5) is 4.79 Å². The Kier molecular flexibility index (Phi) is 4.99. The summed E-state index contributed by atoms with van der Waals surface area (Å²) in [5.41, 5.74) is -0.0344. The normalized spacial score (nSPS) is 18.8. The lowest BCUT2D eigenvalue weighted by Gasteiger charge is -2.27. The van der Waals surface area contributed by atoms with E-state index in [1.807, 2.05) is 35.7 Å². The van der Waals surface area contributed by atoms with Gasteiger partial charge in [-0.3, -0.25) is 4.40 Å². The van der Waals surface area contributed by atoms with Gasteiger partial charge in [0, 0.05) is 12.7 Å². The Labute approximate surface area is 141 Å². The van der Waals surface area contributed by atoms with Crippen LogP contribution in [0.2, 0.25) is 0 Å². The molecule has 1 fully saturated rings. The summed E-state index contributed by atoms with van der Waals surface area (Å²) in [6.07, 6.45) is 7.71. The van der Waals surface area contributed by atoms with Crippen molar-refractivity contribution in [3.63, 3.8) is 0 Å². The van der Waals surface area contributed by atoms with Crippen LogP contribution in [0.3, 0.4) is 0 Å². The molecule has 2 amide bonds. The Hall–Kier alpha value is -2.15. The van der Waals surface area contributed by atoms with Crippen LogP contribution in [0.1, 0.15) is 57.3 Å². The second kappa shape index (κ2) is 7.17. The molecule has 0 bridgehead atoms. The highest BCUT2D eigenvalue weighted by atomic mass is 16.3. The molecule has 24 heavy (non-hydrogen) atoms. The topological polar surface area (TPSA) is 91.5 Å². The quantitative estimate of drug-likeness (QED) is 0.749. The van der Waals surface area contributed by atoms with E-state index in [-0.39, 0.29) is 18.6 Å². The van der Waals surface area contributed by atoms with Crippen molar-refractivity contribution in [1.82, 2.24) is 25.2 Å². The molecule has 3 N–H and O–H groups in total. The Bertz CT molecular complexity index is 691. The molecule has 3 rings (SSSR count). The first kappa shape index (κ1) is 16.7. The zero-order valence-corrected chi connectivity index (χ0v) is 14.0. The Morgan fingerprint density at radius 1 is 1.29 bits per heavy atom. The number of nitrogens with one attached hydrogen (secondary N) is 2. The van der Waals surface area contributed by atoms with E-state index in [0.29, 0.717) is 5.82 Å². The third-order valence-electron chi connectivity index (χ3n) is 4.69. The maximum absolute atomic E-state index is 12.2. The first-order valence-corrected chi connectivity index (χ1v) is 8.64. The summed E-state index contributed by atoms with van der Waals surface area (Å²) >= 11 is 0. The standard InChI is InChI=1S/C17H25N5O2/c1-13(15-21-20-14-8-4-7-11-22(14)15)19-16(23)18-12-17(24)9-5-2-3-6-10-17/h4,7-8,11,13,24H,2-3,5-6,9-10,12H2,1H3,(H2,18,19,23). The van der Waals surface area contributed by atoms with Gasteiger partial charge < -0.3 is 15.7 Å². The number of carbonyl (C=O) groups excluding carboxylic acids is 1. The van der Waals surface area contributed by atoms with E-state index in [1.165, 1.54) is 0 Å².